The average Bonchev–Trinajstić information content (AvgIpc) is 2.17. The lowest BCUT2D eigenvalue weighted by Crippen LogP contribution is -2.34. The van der Waals surface area contributed by atoms with Gasteiger partial charge in [-0.3, -0.25) is 14.2 Å². The van der Waals surface area contributed by atoms with E-state index >= 15 is 0 Å². The third-order valence-electron chi connectivity index (χ3n) is 2.22. The number of fused-ring (bicyclic) bond motifs is 1. The van der Waals surface area contributed by atoms with Gasteiger partial charge in [0.05, 0.1) is 5.39 Å². The summed E-state index contributed by atoms with van der Waals surface area (Å²) in [4.78, 5) is 29.7. The number of hydrogen-bond acceptors (Lipinski definition) is 3. The first-order chi connectivity index (χ1) is 7.00. The van der Waals surface area contributed by atoms with Crippen LogP contribution < -0.4 is 16.6 Å². The van der Waals surface area contributed by atoms with Crippen molar-refractivity contribution in [3.05, 3.63) is 32.6 Å². The van der Waals surface area contributed by atoms with Crippen molar-refractivity contribution in [1.82, 2.24) is 14.5 Å². The SMILES string of the molecule is [B]c1cc2c(=O)[nH]c(C)nc2n(C)c1=O. The highest BCUT2D eigenvalue weighted by Crippen LogP contribution is 2.00. The Balaban J connectivity index is 3.13. The largest absolute Gasteiger partial charge is 0.310 e. The molecule has 0 amide bonds. The van der Waals surface area contributed by atoms with Crippen LogP contribution in [0.3, 0.4) is 0 Å². The maximum Gasteiger partial charge on any atom is 0.260 e. The lowest BCUT2D eigenvalue weighted by molar-refractivity contribution is 0.878. The Morgan fingerprint density at radius 3 is 2.80 bits per heavy atom. The van der Waals surface area contributed by atoms with Crippen molar-refractivity contribution in [2.45, 2.75) is 6.92 Å². The van der Waals surface area contributed by atoms with Gasteiger partial charge in [0.15, 0.2) is 0 Å². The first-order valence-corrected chi connectivity index (χ1v) is 4.37. The molecule has 0 aliphatic heterocycles. The van der Waals surface area contributed by atoms with Crippen LogP contribution in [-0.4, -0.2) is 22.4 Å². The van der Waals surface area contributed by atoms with Crippen LogP contribution in [0, 0.1) is 6.92 Å². The molecule has 15 heavy (non-hydrogen) atoms. The van der Waals surface area contributed by atoms with E-state index in [1.165, 1.54) is 17.7 Å². The number of rotatable bonds is 0. The van der Waals surface area contributed by atoms with Gasteiger partial charge in [0.1, 0.15) is 19.3 Å². The quantitative estimate of drug-likeness (QED) is 0.540. The minimum absolute atomic E-state index is 0.0427. The molecule has 74 valence electrons. The fraction of sp³-hybridized carbons (Fsp3) is 0.222. The number of nitrogens with one attached hydrogen (secondary N) is 1. The van der Waals surface area contributed by atoms with Crippen molar-refractivity contribution in [2.24, 2.45) is 7.05 Å². The maximum atomic E-state index is 11.5. The van der Waals surface area contributed by atoms with E-state index in [-0.39, 0.29) is 16.6 Å². The van der Waals surface area contributed by atoms with Crippen LogP contribution in [0.15, 0.2) is 15.7 Å². The molecule has 0 aliphatic rings. The van der Waals surface area contributed by atoms with Gasteiger partial charge >= 0.3 is 0 Å². The third-order valence-corrected chi connectivity index (χ3v) is 2.22. The molecule has 0 saturated heterocycles. The van der Waals surface area contributed by atoms with Gasteiger partial charge in [-0.15, -0.1) is 0 Å². The highest BCUT2D eigenvalue weighted by Gasteiger charge is 2.07. The summed E-state index contributed by atoms with van der Waals surface area (Å²) >= 11 is 0. The molecule has 0 atom stereocenters. The molecule has 2 aromatic rings. The van der Waals surface area contributed by atoms with E-state index in [1.54, 1.807) is 6.92 Å². The monoisotopic (exact) mass is 201 g/mol. The summed E-state index contributed by atoms with van der Waals surface area (Å²) in [6, 6.07) is 1.35. The number of aryl methyl sites for hydroxylation is 2. The Morgan fingerprint density at radius 2 is 2.13 bits per heavy atom. The topological polar surface area (TPSA) is 67.8 Å². The fourth-order valence-corrected chi connectivity index (χ4v) is 1.47. The first kappa shape index (κ1) is 9.70. The van der Waals surface area contributed by atoms with Crippen LogP contribution in [0.2, 0.25) is 0 Å². The number of hydrogen-bond donors (Lipinski definition) is 1. The van der Waals surface area contributed by atoms with Crippen molar-refractivity contribution in [1.29, 1.82) is 0 Å². The zero-order chi connectivity index (χ0) is 11.2. The van der Waals surface area contributed by atoms with E-state index in [9.17, 15) is 9.59 Å². The summed E-state index contributed by atoms with van der Waals surface area (Å²) in [7, 11) is 7.01. The summed E-state index contributed by atoms with van der Waals surface area (Å²) < 4.78 is 1.27. The van der Waals surface area contributed by atoms with Crippen LogP contribution in [0.4, 0.5) is 0 Å². The highest BCUT2D eigenvalue weighted by atomic mass is 16.1. The van der Waals surface area contributed by atoms with Crippen molar-refractivity contribution < 1.29 is 0 Å². The normalized spacial score (nSPS) is 10.8. The van der Waals surface area contributed by atoms with Gasteiger partial charge in [-0.25, -0.2) is 4.98 Å². The van der Waals surface area contributed by atoms with Crippen LogP contribution >= 0.6 is 0 Å². The second-order valence-corrected chi connectivity index (χ2v) is 3.35. The molecule has 2 aromatic heterocycles. The standard InChI is InChI=1S/C9H8BN3O2/c1-4-11-7-5(8(14)12-4)3-6(10)9(15)13(7)2/h3H,1-2H3,(H,11,12,14). The van der Waals surface area contributed by atoms with Crippen LogP contribution in [0.1, 0.15) is 5.82 Å². The Kier molecular flexibility index (Phi) is 1.99. The Morgan fingerprint density at radius 1 is 1.47 bits per heavy atom. The first-order valence-electron chi connectivity index (χ1n) is 4.37. The minimum atomic E-state index is -0.347. The smallest absolute Gasteiger partial charge is 0.260 e. The molecule has 0 saturated carbocycles. The summed E-state index contributed by atoms with van der Waals surface area (Å²) in [5.41, 5.74) is -0.253. The summed E-state index contributed by atoms with van der Waals surface area (Å²) in [5, 5.41) is 0.320. The molecule has 0 aromatic carbocycles. The molecule has 2 heterocycles. The van der Waals surface area contributed by atoms with Gasteiger partial charge in [-0.1, -0.05) is 0 Å². The van der Waals surface area contributed by atoms with Crippen molar-refractivity contribution in [3.63, 3.8) is 0 Å². The number of aromatic amines is 1. The van der Waals surface area contributed by atoms with E-state index in [2.05, 4.69) is 9.97 Å². The molecule has 0 aliphatic carbocycles. The van der Waals surface area contributed by atoms with Crippen molar-refractivity contribution in [2.75, 3.05) is 0 Å². The molecule has 0 bridgehead atoms. The molecule has 0 spiro atoms. The Labute approximate surface area is 86.2 Å². The number of H-pyrrole nitrogens is 1. The molecule has 6 heteroatoms. The molecule has 0 fully saturated rings. The van der Waals surface area contributed by atoms with Crippen LogP contribution in [0.25, 0.3) is 11.0 Å². The van der Waals surface area contributed by atoms with Crippen LogP contribution in [0.5, 0.6) is 0 Å². The molecule has 1 N–H and O–H groups in total. The summed E-state index contributed by atoms with van der Waals surface area (Å²) in [6.45, 7) is 1.65. The van der Waals surface area contributed by atoms with Crippen molar-refractivity contribution >= 4 is 24.3 Å². The second-order valence-electron chi connectivity index (χ2n) is 3.35. The van der Waals surface area contributed by atoms with E-state index in [0.717, 1.165) is 0 Å². The van der Waals surface area contributed by atoms with Gasteiger partial charge in [0.2, 0.25) is 5.56 Å². The zero-order valence-electron chi connectivity index (χ0n) is 8.37. The Bertz CT molecular complexity index is 657. The molecular weight excluding hydrogens is 193 g/mol. The van der Waals surface area contributed by atoms with E-state index in [1.807, 2.05) is 0 Å². The predicted molar refractivity (Wildman–Crippen MR) is 57.7 cm³/mol. The molecule has 2 radical (unpaired) electrons. The average molecular weight is 201 g/mol. The predicted octanol–water partition coefficient (Wildman–Crippen LogP) is -1.28. The van der Waals surface area contributed by atoms with E-state index in [0.29, 0.717) is 16.9 Å². The summed E-state index contributed by atoms with van der Waals surface area (Å²) in [6.07, 6.45) is 0. The lowest BCUT2D eigenvalue weighted by Gasteiger charge is -2.05. The van der Waals surface area contributed by atoms with Gasteiger partial charge in [0, 0.05) is 7.05 Å². The number of pyridine rings is 1. The van der Waals surface area contributed by atoms with Gasteiger partial charge in [0.25, 0.3) is 5.56 Å². The lowest BCUT2D eigenvalue weighted by atomic mass is 9.97. The number of aromatic nitrogens is 3. The molecule has 2 rings (SSSR count). The van der Waals surface area contributed by atoms with Gasteiger partial charge in [-0.05, 0) is 18.5 Å². The fourth-order valence-electron chi connectivity index (χ4n) is 1.47. The zero-order valence-corrected chi connectivity index (χ0v) is 8.37. The minimum Gasteiger partial charge on any atom is -0.310 e. The van der Waals surface area contributed by atoms with Gasteiger partial charge in [-0.2, -0.15) is 0 Å². The van der Waals surface area contributed by atoms with E-state index < -0.39 is 0 Å². The van der Waals surface area contributed by atoms with E-state index in [4.69, 9.17) is 7.85 Å². The second kappa shape index (κ2) is 3.08. The van der Waals surface area contributed by atoms with Gasteiger partial charge < -0.3 is 4.98 Å². The number of nitrogens with zero attached hydrogens (tertiary/aromatic N) is 2. The van der Waals surface area contributed by atoms with Crippen molar-refractivity contribution in [3.8, 4) is 0 Å². The third kappa shape index (κ3) is 1.38. The maximum absolute atomic E-state index is 11.5. The molecular formula is C9H8BN3O2. The van der Waals surface area contributed by atoms with Crippen LogP contribution in [-0.2, 0) is 7.05 Å². The summed E-state index contributed by atoms with van der Waals surface area (Å²) in [5.74, 6) is 0.465. The molecule has 5 nitrogen and oxygen atoms in total. The molecule has 0 unspecified atom stereocenters. The highest BCUT2D eigenvalue weighted by molar-refractivity contribution is 6.32. The Hall–Kier alpha value is -1.85.